The lowest BCUT2D eigenvalue weighted by Gasteiger charge is -2.19. The minimum absolute atomic E-state index is 0.494. The zero-order valence-electron chi connectivity index (χ0n) is 18.1. The summed E-state index contributed by atoms with van der Waals surface area (Å²) in [6.45, 7) is 5.47. The van der Waals surface area contributed by atoms with Gasteiger partial charge in [0.15, 0.2) is 11.5 Å². The molecule has 8 heteroatoms. The second kappa shape index (κ2) is 7.79. The van der Waals surface area contributed by atoms with E-state index in [4.69, 9.17) is 14.2 Å². The van der Waals surface area contributed by atoms with Crippen LogP contribution >= 0.6 is 0 Å². The zero-order valence-corrected chi connectivity index (χ0v) is 18.1. The van der Waals surface area contributed by atoms with Gasteiger partial charge in [-0.15, -0.1) is 0 Å². The van der Waals surface area contributed by atoms with Crippen molar-refractivity contribution in [2.24, 2.45) is 0 Å². The molecule has 2 aromatic heterocycles. The second-order valence-electron chi connectivity index (χ2n) is 8.00. The van der Waals surface area contributed by atoms with Gasteiger partial charge >= 0.3 is 6.09 Å². The predicted octanol–water partition coefficient (Wildman–Crippen LogP) is 4.94. The monoisotopic (exact) mass is 420 g/mol. The number of fused-ring (bicyclic) bond motifs is 3. The summed E-state index contributed by atoms with van der Waals surface area (Å²) in [5, 5.41) is 3.63. The van der Waals surface area contributed by atoms with Crippen LogP contribution in [-0.2, 0) is 4.74 Å². The molecule has 160 valence electrons. The van der Waals surface area contributed by atoms with E-state index in [0.29, 0.717) is 17.2 Å². The number of nitrogens with zero attached hydrogens (tertiary/aromatic N) is 3. The fourth-order valence-corrected chi connectivity index (χ4v) is 3.34. The lowest BCUT2D eigenvalue weighted by atomic mass is 10.1. The highest BCUT2D eigenvalue weighted by atomic mass is 16.6. The zero-order chi connectivity index (χ0) is 22.2. The fraction of sp³-hybridized carbons (Fsp3) is 0.261. The molecule has 4 rings (SSSR count). The number of methoxy groups -OCH3 is 2. The lowest BCUT2D eigenvalue weighted by Crippen LogP contribution is -2.27. The first-order valence-electron chi connectivity index (χ1n) is 9.77. The van der Waals surface area contributed by atoms with Gasteiger partial charge in [-0.05, 0) is 51.1 Å². The Morgan fingerprint density at radius 1 is 0.968 bits per heavy atom. The maximum atomic E-state index is 12.0. The van der Waals surface area contributed by atoms with Crippen LogP contribution in [0.2, 0.25) is 0 Å². The van der Waals surface area contributed by atoms with Crippen molar-refractivity contribution in [3.8, 4) is 17.2 Å². The number of aromatic nitrogens is 3. The second-order valence-corrected chi connectivity index (χ2v) is 8.00. The molecule has 0 spiro atoms. The summed E-state index contributed by atoms with van der Waals surface area (Å²) >= 11 is 0. The molecule has 31 heavy (non-hydrogen) atoms. The SMILES string of the molecule is COc1cc2ncc3ncn(-c4ccc(NC(=O)OC(C)(C)C)cc4)c3c2cc1OC. The van der Waals surface area contributed by atoms with E-state index in [1.54, 1.807) is 26.7 Å². The van der Waals surface area contributed by atoms with Crippen molar-refractivity contribution in [2.75, 3.05) is 19.5 Å². The fourth-order valence-electron chi connectivity index (χ4n) is 3.34. The molecule has 0 radical (unpaired) electrons. The summed E-state index contributed by atoms with van der Waals surface area (Å²) in [5.74, 6) is 1.24. The number of amides is 1. The van der Waals surface area contributed by atoms with Crippen LogP contribution in [0.5, 0.6) is 11.5 Å². The first-order valence-corrected chi connectivity index (χ1v) is 9.77. The van der Waals surface area contributed by atoms with Crippen molar-refractivity contribution in [3.63, 3.8) is 0 Å². The first kappa shape index (κ1) is 20.5. The van der Waals surface area contributed by atoms with Gasteiger partial charge in [0.05, 0.1) is 31.4 Å². The van der Waals surface area contributed by atoms with Crippen molar-refractivity contribution in [3.05, 3.63) is 48.9 Å². The Morgan fingerprint density at radius 2 is 1.65 bits per heavy atom. The van der Waals surface area contributed by atoms with E-state index in [0.717, 1.165) is 27.6 Å². The van der Waals surface area contributed by atoms with Crippen molar-refractivity contribution in [2.45, 2.75) is 26.4 Å². The topological polar surface area (TPSA) is 87.5 Å². The highest BCUT2D eigenvalue weighted by Crippen LogP contribution is 2.35. The predicted molar refractivity (Wildman–Crippen MR) is 119 cm³/mol. The normalized spacial score (nSPS) is 11.5. The van der Waals surface area contributed by atoms with Gasteiger partial charge in [-0.1, -0.05) is 0 Å². The van der Waals surface area contributed by atoms with Gasteiger partial charge in [0, 0.05) is 22.8 Å². The van der Waals surface area contributed by atoms with Crippen molar-refractivity contribution in [1.29, 1.82) is 0 Å². The van der Waals surface area contributed by atoms with Crippen LogP contribution in [0.3, 0.4) is 0 Å². The quantitative estimate of drug-likeness (QED) is 0.503. The van der Waals surface area contributed by atoms with E-state index in [9.17, 15) is 4.79 Å². The summed E-state index contributed by atoms with van der Waals surface area (Å²) in [7, 11) is 3.20. The molecule has 8 nitrogen and oxygen atoms in total. The van der Waals surface area contributed by atoms with Crippen LogP contribution in [0, 0.1) is 0 Å². The number of pyridine rings is 1. The van der Waals surface area contributed by atoms with E-state index in [1.165, 1.54) is 0 Å². The van der Waals surface area contributed by atoms with Crippen LogP contribution in [-0.4, -0.2) is 40.4 Å². The molecule has 0 aliphatic heterocycles. The summed E-state index contributed by atoms with van der Waals surface area (Å²) < 4.78 is 18.1. The van der Waals surface area contributed by atoms with E-state index in [-0.39, 0.29) is 0 Å². The smallest absolute Gasteiger partial charge is 0.412 e. The number of nitrogens with one attached hydrogen (secondary N) is 1. The Balaban J connectivity index is 1.73. The molecule has 0 unspecified atom stereocenters. The van der Waals surface area contributed by atoms with Gasteiger partial charge in [0.25, 0.3) is 0 Å². The van der Waals surface area contributed by atoms with Crippen molar-refractivity contribution >= 4 is 33.7 Å². The minimum atomic E-state index is -0.557. The van der Waals surface area contributed by atoms with Crippen molar-refractivity contribution < 1.29 is 19.0 Å². The van der Waals surface area contributed by atoms with Crippen molar-refractivity contribution in [1.82, 2.24) is 14.5 Å². The molecule has 4 aromatic rings. The molecule has 1 amide bonds. The molecule has 1 N–H and O–H groups in total. The average molecular weight is 420 g/mol. The molecule has 0 saturated carbocycles. The lowest BCUT2D eigenvalue weighted by molar-refractivity contribution is 0.0636. The van der Waals surface area contributed by atoms with Gasteiger partial charge in [-0.25, -0.2) is 9.78 Å². The molecule has 0 bridgehead atoms. The van der Waals surface area contributed by atoms with Gasteiger partial charge < -0.3 is 14.2 Å². The Bertz CT molecular complexity index is 1260. The number of carbonyl (C=O) groups excluding carboxylic acids is 1. The Labute approximate surface area is 179 Å². The molecule has 2 aromatic carbocycles. The molecule has 0 aliphatic rings. The number of anilines is 1. The first-order chi connectivity index (χ1) is 14.8. The molecule has 0 saturated heterocycles. The number of hydrogen-bond acceptors (Lipinski definition) is 6. The van der Waals surface area contributed by atoms with E-state index < -0.39 is 11.7 Å². The maximum Gasteiger partial charge on any atom is 0.412 e. The van der Waals surface area contributed by atoms with E-state index >= 15 is 0 Å². The van der Waals surface area contributed by atoms with Crippen LogP contribution in [0.4, 0.5) is 10.5 Å². The molecule has 2 heterocycles. The number of carbonyl (C=O) groups is 1. The Kier molecular flexibility index (Phi) is 5.14. The molecule has 0 fully saturated rings. The molecular formula is C23H24N4O4. The summed E-state index contributed by atoms with van der Waals surface area (Å²) in [5.41, 5.74) is 3.41. The molecule has 0 aliphatic carbocycles. The third kappa shape index (κ3) is 4.09. The van der Waals surface area contributed by atoms with Gasteiger partial charge in [0.2, 0.25) is 0 Å². The van der Waals surface area contributed by atoms with Gasteiger partial charge in [-0.2, -0.15) is 0 Å². The summed E-state index contributed by atoms with van der Waals surface area (Å²) in [4.78, 5) is 21.0. The maximum absolute atomic E-state index is 12.0. The number of benzene rings is 2. The van der Waals surface area contributed by atoms with Crippen LogP contribution in [0.1, 0.15) is 20.8 Å². The highest BCUT2D eigenvalue weighted by molar-refractivity contribution is 6.04. The number of ether oxygens (including phenoxy) is 3. The van der Waals surface area contributed by atoms with E-state index in [2.05, 4.69) is 15.3 Å². The number of hydrogen-bond donors (Lipinski definition) is 1. The third-order valence-corrected chi connectivity index (χ3v) is 4.67. The molecule has 0 atom stereocenters. The standard InChI is InChI=1S/C23H24N4O4/c1-23(2,3)31-22(28)26-14-6-8-15(9-7-14)27-13-25-18-12-24-17-11-20(30-5)19(29-4)10-16(17)21(18)27/h6-13H,1-5H3,(H,26,28). The number of imidazole rings is 1. The van der Waals surface area contributed by atoms with Crippen LogP contribution in [0.15, 0.2) is 48.9 Å². The average Bonchev–Trinajstić information content (AvgIpc) is 3.16. The third-order valence-electron chi connectivity index (χ3n) is 4.67. The minimum Gasteiger partial charge on any atom is -0.493 e. The Hall–Kier alpha value is -3.81. The molecular weight excluding hydrogens is 396 g/mol. The van der Waals surface area contributed by atoms with E-state index in [1.807, 2.05) is 61.7 Å². The largest absolute Gasteiger partial charge is 0.493 e. The number of rotatable bonds is 4. The highest BCUT2D eigenvalue weighted by Gasteiger charge is 2.17. The Morgan fingerprint density at radius 3 is 2.29 bits per heavy atom. The van der Waals surface area contributed by atoms with Gasteiger partial charge in [-0.3, -0.25) is 14.9 Å². The van der Waals surface area contributed by atoms with Crippen LogP contribution < -0.4 is 14.8 Å². The van der Waals surface area contributed by atoms with Crippen LogP contribution in [0.25, 0.3) is 27.6 Å². The van der Waals surface area contributed by atoms with Gasteiger partial charge in [0.1, 0.15) is 17.4 Å². The summed E-state index contributed by atoms with van der Waals surface area (Å²) in [6.07, 6.45) is 2.99. The summed E-state index contributed by atoms with van der Waals surface area (Å²) in [6, 6.07) is 11.2.